The number of halogens is 1. The molecule has 0 bridgehead atoms. The first kappa shape index (κ1) is 14.1. The number of aliphatic carboxylic acids is 1. The zero-order valence-electron chi connectivity index (χ0n) is 9.94. The lowest BCUT2D eigenvalue weighted by atomic mass is 10.1. The highest BCUT2D eigenvalue weighted by Gasteiger charge is 2.15. The number of anilines is 1. The van der Waals surface area contributed by atoms with E-state index in [0.29, 0.717) is 11.3 Å². The van der Waals surface area contributed by atoms with Crippen LogP contribution in [0, 0.1) is 12.7 Å². The van der Waals surface area contributed by atoms with Gasteiger partial charge >= 0.3 is 5.97 Å². The Hall–Kier alpha value is -1.95. The standard InChI is InChI=1S/C12H15FN2O3/c1-7-2-3-8(13)6-10(7)15-12(18)9(14)4-5-11(16)17/h2-3,6,9H,4-5,14H2,1H3,(H,15,18)(H,16,17). The van der Waals surface area contributed by atoms with Crippen molar-refractivity contribution < 1.29 is 19.1 Å². The minimum Gasteiger partial charge on any atom is -0.481 e. The number of hydrogen-bond donors (Lipinski definition) is 3. The number of carboxylic acid groups (broad SMARTS) is 1. The van der Waals surface area contributed by atoms with Crippen LogP contribution in [-0.2, 0) is 9.59 Å². The molecule has 0 saturated heterocycles. The van der Waals surface area contributed by atoms with E-state index >= 15 is 0 Å². The molecule has 0 saturated carbocycles. The van der Waals surface area contributed by atoms with Crippen LogP contribution in [0.3, 0.4) is 0 Å². The van der Waals surface area contributed by atoms with Crippen molar-refractivity contribution in [2.24, 2.45) is 5.73 Å². The Kier molecular flexibility index (Phi) is 4.79. The second kappa shape index (κ2) is 6.11. The van der Waals surface area contributed by atoms with Gasteiger partial charge in [0, 0.05) is 12.1 Å². The van der Waals surface area contributed by atoms with Gasteiger partial charge in [0.2, 0.25) is 5.91 Å². The minimum absolute atomic E-state index is 0.0372. The van der Waals surface area contributed by atoms with Crippen LogP contribution in [0.2, 0.25) is 0 Å². The Labute approximate surface area is 104 Å². The van der Waals surface area contributed by atoms with Crippen LogP contribution in [0.4, 0.5) is 10.1 Å². The number of nitrogens with two attached hydrogens (primary N) is 1. The van der Waals surface area contributed by atoms with E-state index in [0.717, 1.165) is 0 Å². The molecule has 1 aromatic rings. The fourth-order valence-corrected chi connectivity index (χ4v) is 1.36. The number of aryl methyl sites for hydroxylation is 1. The maximum Gasteiger partial charge on any atom is 0.303 e. The fourth-order valence-electron chi connectivity index (χ4n) is 1.36. The van der Waals surface area contributed by atoms with Gasteiger partial charge in [0.05, 0.1) is 6.04 Å². The Morgan fingerprint density at radius 3 is 2.78 bits per heavy atom. The highest BCUT2D eigenvalue weighted by Crippen LogP contribution is 2.16. The number of rotatable bonds is 5. The third kappa shape index (κ3) is 4.14. The second-order valence-electron chi connectivity index (χ2n) is 3.99. The molecule has 0 radical (unpaired) electrons. The summed E-state index contributed by atoms with van der Waals surface area (Å²) in [6.07, 6.45) is -0.147. The van der Waals surface area contributed by atoms with Crippen LogP contribution < -0.4 is 11.1 Å². The largest absolute Gasteiger partial charge is 0.481 e. The van der Waals surface area contributed by atoms with E-state index in [1.807, 2.05) is 0 Å². The fraction of sp³-hybridized carbons (Fsp3) is 0.333. The number of amides is 1. The molecule has 5 nitrogen and oxygen atoms in total. The van der Waals surface area contributed by atoms with E-state index in [9.17, 15) is 14.0 Å². The molecule has 0 fully saturated rings. The Bertz CT molecular complexity index is 463. The molecule has 0 aliphatic carbocycles. The van der Waals surface area contributed by atoms with Gasteiger partial charge < -0.3 is 16.2 Å². The topological polar surface area (TPSA) is 92.4 Å². The van der Waals surface area contributed by atoms with Gasteiger partial charge in [-0.2, -0.15) is 0 Å². The number of hydrogen-bond acceptors (Lipinski definition) is 3. The summed E-state index contributed by atoms with van der Waals surface area (Å²) < 4.78 is 13.0. The van der Waals surface area contributed by atoms with Gasteiger partial charge in [0.1, 0.15) is 5.82 Å². The molecule has 0 aromatic heterocycles. The van der Waals surface area contributed by atoms with Gasteiger partial charge in [-0.1, -0.05) is 6.07 Å². The molecule has 1 amide bonds. The van der Waals surface area contributed by atoms with Gasteiger partial charge in [-0.25, -0.2) is 4.39 Å². The van der Waals surface area contributed by atoms with Crippen molar-refractivity contribution in [3.8, 4) is 0 Å². The van der Waals surface area contributed by atoms with Crippen molar-refractivity contribution in [1.29, 1.82) is 0 Å². The third-order valence-electron chi connectivity index (χ3n) is 2.46. The molecule has 98 valence electrons. The molecule has 1 unspecified atom stereocenters. The molecular formula is C12H15FN2O3. The quantitative estimate of drug-likeness (QED) is 0.737. The molecule has 18 heavy (non-hydrogen) atoms. The Morgan fingerprint density at radius 2 is 2.17 bits per heavy atom. The number of carboxylic acids is 1. The van der Waals surface area contributed by atoms with Gasteiger partial charge in [0.25, 0.3) is 0 Å². The van der Waals surface area contributed by atoms with Crippen LogP contribution in [-0.4, -0.2) is 23.0 Å². The van der Waals surface area contributed by atoms with Crippen molar-refractivity contribution in [2.45, 2.75) is 25.8 Å². The summed E-state index contributed by atoms with van der Waals surface area (Å²) >= 11 is 0. The summed E-state index contributed by atoms with van der Waals surface area (Å²) in [7, 11) is 0. The molecule has 0 spiro atoms. The number of carbonyl (C=O) groups is 2. The van der Waals surface area contributed by atoms with Crippen LogP contribution >= 0.6 is 0 Å². The predicted octanol–water partition coefficient (Wildman–Crippen LogP) is 1.26. The van der Waals surface area contributed by atoms with Crippen LogP contribution in [0.5, 0.6) is 0 Å². The summed E-state index contributed by atoms with van der Waals surface area (Å²) in [6.45, 7) is 1.72. The van der Waals surface area contributed by atoms with E-state index in [4.69, 9.17) is 10.8 Å². The summed E-state index contributed by atoms with van der Waals surface area (Å²) in [4.78, 5) is 22.0. The van der Waals surface area contributed by atoms with Crippen molar-refractivity contribution in [2.75, 3.05) is 5.32 Å². The first-order valence-corrected chi connectivity index (χ1v) is 5.44. The lowest BCUT2D eigenvalue weighted by Crippen LogP contribution is -2.36. The molecule has 0 aliphatic heterocycles. The SMILES string of the molecule is Cc1ccc(F)cc1NC(=O)C(N)CCC(=O)O. The molecule has 6 heteroatoms. The van der Waals surface area contributed by atoms with Gasteiger partial charge in [0.15, 0.2) is 0 Å². The number of benzene rings is 1. The van der Waals surface area contributed by atoms with E-state index in [1.165, 1.54) is 18.2 Å². The van der Waals surface area contributed by atoms with Gasteiger partial charge in [-0.3, -0.25) is 9.59 Å². The molecule has 1 rings (SSSR count). The van der Waals surface area contributed by atoms with E-state index in [-0.39, 0.29) is 12.8 Å². The van der Waals surface area contributed by atoms with Crippen molar-refractivity contribution >= 4 is 17.6 Å². The highest BCUT2D eigenvalue weighted by atomic mass is 19.1. The second-order valence-corrected chi connectivity index (χ2v) is 3.99. The summed E-state index contributed by atoms with van der Waals surface area (Å²) in [6, 6.07) is 3.09. The lowest BCUT2D eigenvalue weighted by molar-refractivity contribution is -0.137. The van der Waals surface area contributed by atoms with Crippen LogP contribution in [0.25, 0.3) is 0 Å². The van der Waals surface area contributed by atoms with Crippen molar-refractivity contribution in [1.82, 2.24) is 0 Å². The first-order valence-electron chi connectivity index (χ1n) is 5.44. The maximum atomic E-state index is 13.0. The van der Waals surface area contributed by atoms with Crippen molar-refractivity contribution in [3.63, 3.8) is 0 Å². The molecule has 0 heterocycles. The summed E-state index contributed by atoms with van der Waals surface area (Å²) in [5.74, 6) is -2.00. The summed E-state index contributed by atoms with van der Waals surface area (Å²) in [5, 5.41) is 11.0. The molecule has 0 aliphatic rings. The normalized spacial score (nSPS) is 11.9. The van der Waals surface area contributed by atoms with E-state index in [1.54, 1.807) is 6.92 Å². The smallest absolute Gasteiger partial charge is 0.303 e. The molecule has 4 N–H and O–H groups in total. The predicted molar refractivity (Wildman–Crippen MR) is 64.6 cm³/mol. The summed E-state index contributed by atoms with van der Waals surface area (Å²) in [5.41, 5.74) is 6.57. The Balaban J connectivity index is 2.63. The molecular weight excluding hydrogens is 239 g/mol. The van der Waals surface area contributed by atoms with Crippen molar-refractivity contribution in [3.05, 3.63) is 29.6 Å². The van der Waals surface area contributed by atoms with Crippen LogP contribution in [0.15, 0.2) is 18.2 Å². The zero-order valence-corrected chi connectivity index (χ0v) is 9.94. The number of carbonyl (C=O) groups excluding carboxylic acids is 1. The van der Waals surface area contributed by atoms with E-state index in [2.05, 4.69) is 5.32 Å². The van der Waals surface area contributed by atoms with E-state index < -0.39 is 23.7 Å². The average Bonchev–Trinajstić information content (AvgIpc) is 2.30. The third-order valence-corrected chi connectivity index (χ3v) is 2.46. The van der Waals surface area contributed by atoms with Gasteiger partial charge in [-0.15, -0.1) is 0 Å². The van der Waals surface area contributed by atoms with Crippen LogP contribution in [0.1, 0.15) is 18.4 Å². The number of nitrogens with one attached hydrogen (secondary N) is 1. The average molecular weight is 254 g/mol. The highest BCUT2D eigenvalue weighted by molar-refractivity contribution is 5.95. The molecule has 1 aromatic carbocycles. The first-order chi connectivity index (χ1) is 8.40. The monoisotopic (exact) mass is 254 g/mol. The minimum atomic E-state index is -1.01. The lowest BCUT2D eigenvalue weighted by Gasteiger charge is -2.13. The van der Waals surface area contributed by atoms with Gasteiger partial charge in [-0.05, 0) is 31.0 Å². The molecule has 1 atom stereocenters. The Morgan fingerprint density at radius 1 is 1.50 bits per heavy atom. The zero-order chi connectivity index (χ0) is 13.7. The maximum absolute atomic E-state index is 13.0.